The number of hydrogen-bond acceptors (Lipinski definition) is 4. The number of hydrogen-bond donors (Lipinski definition) is 1. The van der Waals surface area contributed by atoms with Gasteiger partial charge in [0, 0.05) is 24.6 Å². The summed E-state index contributed by atoms with van der Waals surface area (Å²) in [5.41, 5.74) is 3.82. The fourth-order valence-electron chi connectivity index (χ4n) is 4.44. The molecule has 0 bridgehead atoms. The third-order valence-corrected chi connectivity index (χ3v) is 6.00. The molecule has 2 aromatic rings. The normalized spacial score (nSPS) is 21.3. The lowest BCUT2D eigenvalue weighted by Gasteiger charge is -2.27. The summed E-state index contributed by atoms with van der Waals surface area (Å²) in [6.45, 7) is 1.88. The second kappa shape index (κ2) is 9.36. The van der Waals surface area contributed by atoms with Crippen molar-refractivity contribution in [2.45, 2.75) is 44.1 Å². The van der Waals surface area contributed by atoms with Gasteiger partial charge in [0.05, 0.1) is 20.3 Å². The minimum absolute atomic E-state index is 0.324. The Morgan fingerprint density at radius 2 is 1.72 bits per heavy atom. The van der Waals surface area contributed by atoms with Crippen molar-refractivity contribution < 1.29 is 14.2 Å². The molecular formula is C25H31NO3. The van der Waals surface area contributed by atoms with E-state index >= 15 is 0 Å². The van der Waals surface area contributed by atoms with Gasteiger partial charge < -0.3 is 19.5 Å². The zero-order valence-electron chi connectivity index (χ0n) is 17.4. The highest BCUT2D eigenvalue weighted by Crippen LogP contribution is 2.36. The topological polar surface area (TPSA) is 39.7 Å². The van der Waals surface area contributed by atoms with Crippen molar-refractivity contribution in [2.24, 2.45) is 0 Å². The molecule has 0 spiro atoms. The molecule has 1 aliphatic carbocycles. The van der Waals surface area contributed by atoms with Gasteiger partial charge in [0.25, 0.3) is 0 Å². The number of ether oxygens (including phenoxy) is 3. The number of rotatable bonds is 6. The van der Waals surface area contributed by atoms with E-state index in [0.717, 1.165) is 55.2 Å². The highest BCUT2D eigenvalue weighted by molar-refractivity contribution is 5.60. The van der Waals surface area contributed by atoms with Crippen LogP contribution in [-0.2, 0) is 0 Å². The first-order valence-electron chi connectivity index (χ1n) is 10.6. The van der Waals surface area contributed by atoms with Crippen LogP contribution in [0.2, 0.25) is 0 Å². The minimum Gasteiger partial charge on any atom is -0.496 e. The first-order valence-corrected chi connectivity index (χ1v) is 10.6. The third-order valence-electron chi connectivity index (χ3n) is 6.00. The zero-order chi connectivity index (χ0) is 20.1. The summed E-state index contributed by atoms with van der Waals surface area (Å²) in [6, 6.07) is 14.6. The Hall–Kier alpha value is -2.46. The van der Waals surface area contributed by atoms with Crippen LogP contribution in [0, 0.1) is 0 Å². The number of nitrogens with one attached hydrogen (secondary N) is 1. The molecule has 4 heteroatoms. The number of methoxy groups -OCH3 is 2. The highest BCUT2D eigenvalue weighted by atomic mass is 16.5. The van der Waals surface area contributed by atoms with E-state index in [1.54, 1.807) is 14.2 Å². The van der Waals surface area contributed by atoms with Gasteiger partial charge in [-0.2, -0.15) is 0 Å². The predicted molar refractivity (Wildman–Crippen MR) is 117 cm³/mol. The van der Waals surface area contributed by atoms with E-state index in [1.807, 2.05) is 12.1 Å². The summed E-state index contributed by atoms with van der Waals surface area (Å²) < 4.78 is 17.4. The van der Waals surface area contributed by atoms with Gasteiger partial charge in [0.1, 0.15) is 5.75 Å². The monoisotopic (exact) mass is 393 g/mol. The lowest BCUT2D eigenvalue weighted by molar-refractivity contribution is 0.200. The Kier molecular flexibility index (Phi) is 6.40. The summed E-state index contributed by atoms with van der Waals surface area (Å²) in [6.07, 6.45) is 8.42. The molecule has 2 aliphatic rings. The van der Waals surface area contributed by atoms with Crippen LogP contribution in [0.4, 0.5) is 0 Å². The second-order valence-electron chi connectivity index (χ2n) is 8.01. The zero-order valence-corrected chi connectivity index (χ0v) is 17.4. The fourth-order valence-corrected chi connectivity index (χ4v) is 4.44. The maximum Gasteiger partial charge on any atom is 0.161 e. The summed E-state index contributed by atoms with van der Waals surface area (Å²) >= 11 is 0. The van der Waals surface area contributed by atoms with Gasteiger partial charge in [0.15, 0.2) is 11.5 Å². The molecule has 1 saturated heterocycles. The van der Waals surface area contributed by atoms with Crippen LogP contribution in [0.15, 0.2) is 48.0 Å². The molecule has 29 heavy (non-hydrogen) atoms. The second-order valence-corrected chi connectivity index (χ2v) is 8.01. The first kappa shape index (κ1) is 19.8. The van der Waals surface area contributed by atoms with E-state index in [0.29, 0.717) is 12.0 Å². The SMILES string of the molecule is COc1ccccc1C=C1CNCC(c2ccc(OC)c(OC3CCCC3)c2)C1. The maximum atomic E-state index is 6.31. The van der Waals surface area contributed by atoms with Crippen LogP contribution in [-0.4, -0.2) is 33.4 Å². The quantitative estimate of drug-likeness (QED) is 0.733. The minimum atomic E-state index is 0.324. The molecule has 1 aliphatic heterocycles. The number of benzene rings is 2. The van der Waals surface area contributed by atoms with Crippen molar-refractivity contribution >= 4 is 6.08 Å². The third kappa shape index (κ3) is 4.76. The van der Waals surface area contributed by atoms with Gasteiger partial charge in [0.2, 0.25) is 0 Å². The average molecular weight is 394 g/mol. The van der Waals surface area contributed by atoms with Crippen molar-refractivity contribution in [3.63, 3.8) is 0 Å². The molecule has 2 fully saturated rings. The molecule has 1 N–H and O–H groups in total. The van der Waals surface area contributed by atoms with Crippen molar-refractivity contribution in [2.75, 3.05) is 27.3 Å². The van der Waals surface area contributed by atoms with E-state index in [1.165, 1.54) is 24.0 Å². The van der Waals surface area contributed by atoms with E-state index < -0.39 is 0 Å². The van der Waals surface area contributed by atoms with Gasteiger partial charge in [-0.05, 0) is 55.9 Å². The molecule has 0 radical (unpaired) electrons. The Balaban J connectivity index is 1.54. The lowest BCUT2D eigenvalue weighted by Crippen LogP contribution is -2.30. The predicted octanol–water partition coefficient (Wildman–Crippen LogP) is 5.19. The van der Waals surface area contributed by atoms with E-state index in [4.69, 9.17) is 14.2 Å². The Labute approximate surface area is 173 Å². The molecule has 2 aromatic carbocycles. The van der Waals surface area contributed by atoms with Crippen LogP contribution in [0.1, 0.15) is 49.1 Å². The number of piperidine rings is 1. The van der Waals surface area contributed by atoms with Crippen molar-refractivity contribution in [3.05, 3.63) is 59.2 Å². The molecule has 0 aromatic heterocycles. The summed E-state index contributed by atoms with van der Waals surface area (Å²) in [5.74, 6) is 3.05. The summed E-state index contributed by atoms with van der Waals surface area (Å²) in [7, 11) is 3.44. The maximum absolute atomic E-state index is 6.31. The highest BCUT2D eigenvalue weighted by Gasteiger charge is 2.22. The van der Waals surface area contributed by atoms with Crippen LogP contribution in [0.5, 0.6) is 17.2 Å². The smallest absolute Gasteiger partial charge is 0.161 e. The van der Waals surface area contributed by atoms with Gasteiger partial charge in [-0.1, -0.05) is 35.9 Å². The van der Waals surface area contributed by atoms with Gasteiger partial charge in [-0.3, -0.25) is 0 Å². The fraction of sp³-hybridized carbons (Fsp3) is 0.440. The van der Waals surface area contributed by atoms with Crippen LogP contribution in [0.3, 0.4) is 0 Å². The van der Waals surface area contributed by atoms with Gasteiger partial charge in [-0.15, -0.1) is 0 Å². The Bertz CT molecular complexity index is 855. The summed E-state index contributed by atoms with van der Waals surface area (Å²) in [4.78, 5) is 0. The standard InChI is InChI=1S/C25H31NO3/c1-27-23-10-6-3-7-20(23)13-18-14-21(17-26-16-18)19-11-12-24(28-2)25(15-19)29-22-8-4-5-9-22/h3,6-7,10-13,15,21-22,26H,4-5,8-9,14,16-17H2,1-2H3. The average Bonchev–Trinajstić information content (AvgIpc) is 3.27. The van der Waals surface area contributed by atoms with E-state index in [9.17, 15) is 0 Å². The van der Waals surface area contributed by atoms with Crippen molar-refractivity contribution in [3.8, 4) is 17.2 Å². The van der Waals surface area contributed by atoms with Crippen LogP contribution in [0.25, 0.3) is 6.08 Å². The summed E-state index contributed by atoms with van der Waals surface area (Å²) in [5, 5.41) is 3.58. The lowest BCUT2D eigenvalue weighted by atomic mass is 9.88. The molecule has 4 rings (SSSR count). The Morgan fingerprint density at radius 1 is 0.931 bits per heavy atom. The van der Waals surface area contributed by atoms with Gasteiger partial charge >= 0.3 is 0 Å². The molecule has 1 saturated carbocycles. The number of para-hydroxylation sites is 1. The molecule has 4 nitrogen and oxygen atoms in total. The first-order chi connectivity index (χ1) is 14.3. The molecule has 1 heterocycles. The van der Waals surface area contributed by atoms with Crippen LogP contribution >= 0.6 is 0 Å². The van der Waals surface area contributed by atoms with Gasteiger partial charge in [-0.25, -0.2) is 0 Å². The van der Waals surface area contributed by atoms with Crippen molar-refractivity contribution in [1.29, 1.82) is 0 Å². The van der Waals surface area contributed by atoms with E-state index in [2.05, 4.69) is 41.7 Å². The molecule has 154 valence electrons. The van der Waals surface area contributed by atoms with E-state index in [-0.39, 0.29) is 0 Å². The van der Waals surface area contributed by atoms with Crippen molar-refractivity contribution in [1.82, 2.24) is 5.32 Å². The molecule has 1 atom stereocenters. The molecule has 1 unspecified atom stereocenters. The Morgan fingerprint density at radius 3 is 2.52 bits per heavy atom. The largest absolute Gasteiger partial charge is 0.496 e. The molecule has 0 amide bonds. The molecular weight excluding hydrogens is 362 g/mol. The van der Waals surface area contributed by atoms with Crippen LogP contribution < -0.4 is 19.5 Å².